The Morgan fingerprint density at radius 2 is 1.67 bits per heavy atom. The minimum Gasteiger partial charge on any atom is -0.338 e. The SMILES string of the molecule is CCCNC(=O)NC(=O)CN1CCCN(CC2CCCCC2)CC1. The van der Waals surface area contributed by atoms with Crippen molar-refractivity contribution in [3.63, 3.8) is 0 Å². The van der Waals surface area contributed by atoms with E-state index in [9.17, 15) is 9.59 Å². The summed E-state index contributed by atoms with van der Waals surface area (Å²) in [5.74, 6) is 0.667. The second kappa shape index (κ2) is 10.7. The molecule has 1 saturated carbocycles. The third-order valence-electron chi connectivity index (χ3n) is 5.08. The van der Waals surface area contributed by atoms with Crippen molar-refractivity contribution in [1.29, 1.82) is 0 Å². The van der Waals surface area contributed by atoms with Crippen molar-refractivity contribution in [2.24, 2.45) is 5.92 Å². The van der Waals surface area contributed by atoms with Crippen LogP contribution >= 0.6 is 0 Å². The van der Waals surface area contributed by atoms with Crippen LogP contribution in [0.25, 0.3) is 0 Å². The Kier molecular flexibility index (Phi) is 8.53. The molecule has 6 heteroatoms. The molecule has 2 aliphatic rings. The molecule has 2 rings (SSSR count). The molecule has 138 valence electrons. The maximum atomic E-state index is 12.0. The third kappa shape index (κ3) is 7.18. The van der Waals surface area contributed by atoms with Gasteiger partial charge in [0, 0.05) is 26.2 Å². The van der Waals surface area contributed by atoms with Crippen LogP contribution in [-0.4, -0.2) is 67.6 Å². The van der Waals surface area contributed by atoms with Crippen molar-refractivity contribution >= 4 is 11.9 Å². The van der Waals surface area contributed by atoms with Gasteiger partial charge in [0.15, 0.2) is 0 Å². The predicted octanol–water partition coefficient (Wildman–Crippen LogP) is 1.81. The van der Waals surface area contributed by atoms with Crippen molar-refractivity contribution in [3.05, 3.63) is 0 Å². The Morgan fingerprint density at radius 3 is 2.42 bits per heavy atom. The highest BCUT2D eigenvalue weighted by atomic mass is 16.2. The Bertz CT molecular complexity index is 396. The van der Waals surface area contributed by atoms with E-state index in [0.29, 0.717) is 13.1 Å². The molecule has 1 aliphatic carbocycles. The van der Waals surface area contributed by atoms with Crippen LogP contribution in [-0.2, 0) is 4.79 Å². The molecule has 3 amide bonds. The smallest absolute Gasteiger partial charge is 0.321 e. The van der Waals surface area contributed by atoms with Crippen LogP contribution in [0.5, 0.6) is 0 Å². The number of urea groups is 1. The summed E-state index contributed by atoms with van der Waals surface area (Å²) < 4.78 is 0. The zero-order chi connectivity index (χ0) is 17.2. The molecular formula is C18H34N4O2. The zero-order valence-corrected chi connectivity index (χ0v) is 15.2. The number of hydrogen-bond donors (Lipinski definition) is 2. The molecule has 0 aromatic carbocycles. The standard InChI is InChI=1S/C18H34N4O2/c1-2-9-19-18(24)20-17(23)15-22-11-6-10-21(12-13-22)14-16-7-4-3-5-8-16/h16H,2-15H2,1H3,(H2,19,20,23,24). The minimum atomic E-state index is -0.379. The summed E-state index contributed by atoms with van der Waals surface area (Å²) in [4.78, 5) is 28.2. The monoisotopic (exact) mass is 338 g/mol. The number of amides is 3. The van der Waals surface area contributed by atoms with Gasteiger partial charge in [0.05, 0.1) is 6.54 Å². The largest absolute Gasteiger partial charge is 0.338 e. The number of carbonyl (C=O) groups is 2. The van der Waals surface area contributed by atoms with Crippen molar-refractivity contribution < 1.29 is 9.59 Å². The molecule has 6 nitrogen and oxygen atoms in total. The molecule has 0 radical (unpaired) electrons. The van der Waals surface area contributed by atoms with Crippen LogP contribution in [0.15, 0.2) is 0 Å². The van der Waals surface area contributed by atoms with Crippen molar-refractivity contribution in [2.45, 2.75) is 51.9 Å². The van der Waals surface area contributed by atoms with Gasteiger partial charge in [-0.25, -0.2) is 4.79 Å². The van der Waals surface area contributed by atoms with Crippen LogP contribution in [0, 0.1) is 5.92 Å². The summed E-state index contributed by atoms with van der Waals surface area (Å²) in [6, 6.07) is -0.379. The number of hydrogen-bond acceptors (Lipinski definition) is 4. The molecule has 24 heavy (non-hydrogen) atoms. The summed E-state index contributed by atoms with van der Waals surface area (Å²) in [6.07, 6.45) is 8.93. The number of rotatable bonds is 6. The molecule has 0 unspecified atom stereocenters. The zero-order valence-electron chi connectivity index (χ0n) is 15.2. The van der Waals surface area contributed by atoms with Crippen LogP contribution in [0.1, 0.15) is 51.9 Å². The third-order valence-corrected chi connectivity index (χ3v) is 5.08. The van der Waals surface area contributed by atoms with Gasteiger partial charge < -0.3 is 10.2 Å². The van der Waals surface area contributed by atoms with Crippen LogP contribution < -0.4 is 10.6 Å². The molecule has 2 fully saturated rings. The highest BCUT2D eigenvalue weighted by molar-refractivity contribution is 5.95. The van der Waals surface area contributed by atoms with E-state index in [-0.39, 0.29) is 11.9 Å². The number of imide groups is 1. The van der Waals surface area contributed by atoms with E-state index >= 15 is 0 Å². The summed E-state index contributed by atoms with van der Waals surface area (Å²) in [5, 5.41) is 5.08. The average molecular weight is 338 g/mol. The molecule has 1 saturated heterocycles. The van der Waals surface area contributed by atoms with Gasteiger partial charge >= 0.3 is 6.03 Å². The topological polar surface area (TPSA) is 64.7 Å². The fraction of sp³-hybridized carbons (Fsp3) is 0.889. The first kappa shape index (κ1) is 19.2. The minimum absolute atomic E-state index is 0.204. The number of carbonyl (C=O) groups excluding carboxylic acids is 2. The van der Waals surface area contributed by atoms with Crippen molar-refractivity contribution in [3.8, 4) is 0 Å². The van der Waals surface area contributed by atoms with Gasteiger partial charge in [0.1, 0.15) is 0 Å². The first-order chi connectivity index (χ1) is 11.7. The first-order valence-electron chi connectivity index (χ1n) is 9.69. The lowest BCUT2D eigenvalue weighted by atomic mass is 9.89. The Hall–Kier alpha value is -1.14. The molecule has 1 aliphatic heterocycles. The lowest BCUT2D eigenvalue weighted by molar-refractivity contribution is -0.121. The van der Waals surface area contributed by atoms with E-state index in [1.807, 2.05) is 6.92 Å². The molecule has 1 heterocycles. The normalized spacial score (nSPS) is 21.2. The van der Waals surface area contributed by atoms with Gasteiger partial charge in [0.2, 0.25) is 5.91 Å². The van der Waals surface area contributed by atoms with Gasteiger partial charge in [0.25, 0.3) is 0 Å². The maximum Gasteiger partial charge on any atom is 0.321 e. The summed E-state index contributed by atoms with van der Waals surface area (Å²) in [6.45, 7) is 8.13. The van der Waals surface area contributed by atoms with E-state index < -0.39 is 0 Å². The molecular weight excluding hydrogens is 304 g/mol. The van der Waals surface area contributed by atoms with Gasteiger partial charge in [-0.05, 0) is 44.7 Å². The van der Waals surface area contributed by atoms with E-state index in [4.69, 9.17) is 0 Å². The molecule has 2 N–H and O–H groups in total. The Labute approximate surface area is 146 Å². The van der Waals surface area contributed by atoms with E-state index in [0.717, 1.165) is 44.9 Å². The fourth-order valence-electron chi connectivity index (χ4n) is 3.75. The van der Waals surface area contributed by atoms with Crippen LogP contribution in [0.2, 0.25) is 0 Å². The second-order valence-corrected chi connectivity index (χ2v) is 7.24. The van der Waals surface area contributed by atoms with Crippen molar-refractivity contribution in [1.82, 2.24) is 20.4 Å². The Balaban J connectivity index is 1.66. The molecule has 0 bridgehead atoms. The van der Waals surface area contributed by atoms with E-state index in [1.54, 1.807) is 0 Å². The summed E-state index contributed by atoms with van der Waals surface area (Å²) in [5.41, 5.74) is 0. The lowest BCUT2D eigenvalue weighted by Gasteiger charge is -2.28. The summed E-state index contributed by atoms with van der Waals surface area (Å²) in [7, 11) is 0. The van der Waals surface area contributed by atoms with Gasteiger partial charge in [-0.2, -0.15) is 0 Å². The lowest BCUT2D eigenvalue weighted by Crippen LogP contribution is -2.45. The predicted molar refractivity (Wildman–Crippen MR) is 95.9 cm³/mol. The number of nitrogens with zero attached hydrogens (tertiary/aromatic N) is 2. The Morgan fingerprint density at radius 1 is 0.958 bits per heavy atom. The molecule has 0 aromatic rings. The maximum absolute atomic E-state index is 12.0. The first-order valence-corrected chi connectivity index (χ1v) is 9.69. The van der Waals surface area contributed by atoms with E-state index in [1.165, 1.54) is 38.6 Å². The number of nitrogens with one attached hydrogen (secondary N) is 2. The quantitative estimate of drug-likeness (QED) is 0.775. The fourth-order valence-corrected chi connectivity index (χ4v) is 3.75. The second-order valence-electron chi connectivity index (χ2n) is 7.24. The molecule has 0 aromatic heterocycles. The highest BCUT2D eigenvalue weighted by Gasteiger charge is 2.21. The van der Waals surface area contributed by atoms with Crippen LogP contribution in [0.4, 0.5) is 4.79 Å². The van der Waals surface area contributed by atoms with Gasteiger partial charge in [-0.1, -0.05) is 26.2 Å². The van der Waals surface area contributed by atoms with E-state index in [2.05, 4.69) is 20.4 Å². The summed E-state index contributed by atoms with van der Waals surface area (Å²) >= 11 is 0. The molecule has 0 atom stereocenters. The average Bonchev–Trinajstić information content (AvgIpc) is 2.79. The van der Waals surface area contributed by atoms with Gasteiger partial charge in [-0.15, -0.1) is 0 Å². The molecule has 0 spiro atoms. The highest BCUT2D eigenvalue weighted by Crippen LogP contribution is 2.24. The van der Waals surface area contributed by atoms with Gasteiger partial charge in [-0.3, -0.25) is 15.0 Å². The van der Waals surface area contributed by atoms with Crippen molar-refractivity contribution in [2.75, 3.05) is 45.8 Å². The van der Waals surface area contributed by atoms with Crippen LogP contribution in [0.3, 0.4) is 0 Å².